The summed E-state index contributed by atoms with van der Waals surface area (Å²) in [6, 6.07) is 7.74. The number of carbonyl (C=O) groups excluding carboxylic acids is 1. The second kappa shape index (κ2) is 5.79. The Labute approximate surface area is 101 Å². The highest BCUT2D eigenvalue weighted by atomic mass is 32.2. The van der Waals surface area contributed by atoms with Crippen LogP contribution in [0, 0.1) is 6.92 Å². The minimum absolute atomic E-state index is 0.193. The first kappa shape index (κ1) is 13.7. The quantitative estimate of drug-likeness (QED) is 0.767. The summed E-state index contributed by atoms with van der Waals surface area (Å²) in [5.74, 6) is -1.14. The lowest BCUT2D eigenvalue weighted by atomic mass is 10.1. The van der Waals surface area contributed by atoms with Crippen molar-refractivity contribution in [2.75, 3.05) is 5.88 Å². The van der Waals surface area contributed by atoms with Gasteiger partial charge in [-0.2, -0.15) is 8.42 Å². The van der Waals surface area contributed by atoms with Crippen LogP contribution in [0.25, 0.3) is 0 Å². The Morgan fingerprint density at radius 1 is 1.29 bits per heavy atom. The zero-order valence-corrected chi connectivity index (χ0v) is 10.3. The Morgan fingerprint density at radius 3 is 2.41 bits per heavy atom. The molecule has 6 heteroatoms. The largest absolute Gasteiger partial charge is 0.340 e. The molecule has 0 fully saturated rings. The second-order valence-electron chi connectivity index (χ2n) is 3.81. The van der Waals surface area contributed by atoms with Gasteiger partial charge in [-0.05, 0) is 18.9 Å². The van der Waals surface area contributed by atoms with Gasteiger partial charge >= 0.3 is 0 Å². The Hall–Kier alpha value is -1.40. The number of rotatable bonds is 5. The number of amides is 1. The highest BCUT2D eigenvalue weighted by molar-refractivity contribution is 7.85. The van der Waals surface area contributed by atoms with Crippen LogP contribution in [0.1, 0.15) is 17.5 Å². The standard InChI is InChI=1S/C11H15NO4S/c1-9-2-4-10(5-3-9)6-7-11(13)12-8-17(14,15)16/h2-5H,6-8H2,1H3,(H,12,13)(H,14,15,16). The fourth-order valence-electron chi connectivity index (χ4n) is 1.27. The third-order valence-electron chi connectivity index (χ3n) is 2.21. The number of hydrogen-bond acceptors (Lipinski definition) is 3. The Balaban J connectivity index is 2.36. The number of nitrogens with one attached hydrogen (secondary N) is 1. The van der Waals surface area contributed by atoms with Crippen molar-refractivity contribution >= 4 is 16.0 Å². The summed E-state index contributed by atoms with van der Waals surface area (Å²) in [6.07, 6.45) is 0.732. The average Bonchev–Trinajstić information content (AvgIpc) is 2.25. The van der Waals surface area contributed by atoms with E-state index >= 15 is 0 Å². The molecule has 0 radical (unpaired) electrons. The van der Waals surface area contributed by atoms with Crippen molar-refractivity contribution in [3.63, 3.8) is 0 Å². The molecule has 0 aliphatic carbocycles. The molecule has 0 bridgehead atoms. The zero-order chi connectivity index (χ0) is 12.9. The summed E-state index contributed by atoms with van der Waals surface area (Å²) < 4.78 is 29.2. The van der Waals surface area contributed by atoms with Crippen LogP contribution < -0.4 is 5.32 Å². The summed E-state index contributed by atoms with van der Waals surface area (Å²) >= 11 is 0. The smallest absolute Gasteiger partial charge is 0.283 e. The van der Waals surface area contributed by atoms with Crippen molar-refractivity contribution in [1.82, 2.24) is 5.32 Å². The van der Waals surface area contributed by atoms with E-state index in [-0.39, 0.29) is 6.42 Å². The molecule has 0 aliphatic rings. The molecule has 1 aromatic carbocycles. The number of hydrogen-bond donors (Lipinski definition) is 2. The van der Waals surface area contributed by atoms with Crippen molar-refractivity contribution in [3.05, 3.63) is 35.4 Å². The molecule has 1 amide bonds. The monoisotopic (exact) mass is 257 g/mol. The fraction of sp³-hybridized carbons (Fsp3) is 0.364. The van der Waals surface area contributed by atoms with Gasteiger partial charge in [0.2, 0.25) is 5.91 Å². The molecule has 5 nitrogen and oxygen atoms in total. The highest BCUT2D eigenvalue weighted by Crippen LogP contribution is 2.05. The first-order chi connectivity index (χ1) is 7.87. The van der Waals surface area contributed by atoms with Crippen LogP contribution >= 0.6 is 0 Å². The molecule has 0 saturated carbocycles. The van der Waals surface area contributed by atoms with Gasteiger partial charge in [0.15, 0.2) is 0 Å². The molecule has 17 heavy (non-hydrogen) atoms. The molecule has 0 spiro atoms. The van der Waals surface area contributed by atoms with E-state index in [1.165, 1.54) is 0 Å². The van der Waals surface area contributed by atoms with Crippen LogP contribution in [0.5, 0.6) is 0 Å². The number of carbonyl (C=O) groups is 1. The predicted molar refractivity (Wildman–Crippen MR) is 64.1 cm³/mol. The van der Waals surface area contributed by atoms with Crippen LogP contribution in [0.2, 0.25) is 0 Å². The Kier molecular flexibility index (Phi) is 4.65. The maximum atomic E-state index is 11.2. The molecule has 1 rings (SSSR count). The van der Waals surface area contributed by atoms with E-state index in [0.29, 0.717) is 6.42 Å². The molecule has 2 N–H and O–H groups in total. The molecule has 1 aromatic rings. The summed E-state index contributed by atoms with van der Waals surface area (Å²) in [5.41, 5.74) is 2.15. The van der Waals surface area contributed by atoms with Gasteiger partial charge in [-0.3, -0.25) is 9.35 Å². The van der Waals surface area contributed by atoms with Crippen LogP contribution in [0.3, 0.4) is 0 Å². The average molecular weight is 257 g/mol. The van der Waals surface area contributed by atoms with Gasteiger partial charge in [-0.1, -0.05) is 29.8 Å². The van der Waals surface area contributed by atoms with Gasteiger partial charge in [-0.25, -0.2) is 0 Å². The number of benzene rings is 1. The minimum Gasteiger partial charge on any atom is -0.340 e. The van der Waals surface area contributed by atoms with Gasteiger partial charge in [0, 0.05) is 6.42 Å². The molecule has 0 unspecified atom stereocenters. The van der Waals surface area contributed by atoms with Crippen LogP contribution in [0.4, 0.5) is 0 Å². The van der Waals surface area contributed by atoms with Gasteiger partial charge in [0.25, 0.3) is 10.1 Å². The number of aryl methyl sites for hydroxylation is 2. The van der Waals surface area contributed by atoms with Gasteiger partial charge in [0.1, 0.15) is 5.88 Å². The van der Waals surface area contributed by atoms with E-state index in [1.807, 2.05) is 31.2 Å². The molecule has 0 aliphatic heterocycles. The van der Waals surface area contributed by atoms with E-state index in [2.05, 4.69) is 5.32 Å². The lowest BCUT2D eigenvalue weighted by Gasteiger charge is -2.03. The third kappa shape index (κ3) is 6.03. The van der Waals surface area contributed by atoms with Crippen LogP contribution in [0.15, 0.2) is 24.3 Å². The molecule has 0 heterocycles. The van der Waals surface area contributed by atoms with Crippen molar-refractivity contribution in [3.8, 4) is 0 Å². The SMILES string of the molecule is Cc1ccc(CCC(=O)NCS(=O)(=O)O)cc1. The maximum Gasteiger partial charge on any atom is 0.283 e. The van der Waals surface area contributed by atoms with Gasteiger partial charge in [0.05, 0.1) is 0 Å². The molecule has 0 atom stereocenters. The summed E-state index contributed by atoms with van der Waals surface area (Å²) in [7, 11) is -4.14. The lowest BCUT2D eigenvalue weighted by Crippen LogP contribution is -2.29. The van der Waals surface area contributed by atoms with E-state index in [4.69, 9.17) is 4.55 Å². The van der Waals surface area contributed by atoms with E-state index in [0.717, 1.165) is 11.1 Å². The topological polar surface area (TPSA) is 83.5 Å². The van der Waals surface area contributed by atoms with Crippen LogP contribution in [-0.4, -0.2) is 24.8 Å². The van der Waals surface area contributed by atoms with E-state index in [9.17, 15) is 13.2 Å². The Bertz CT molecular complexity index is 479. The maximum absolute atomic E-state index is 11.2. The fourth-order valence-corrected chi connectivity index (χ4v) is 1.62. The van der Waals surface area contributed by atoms with Crippen LogP contribution in [-0.2, 0) is 21.3 Å². The summed E-state index contributed by atoms with van der Waals surface area (Å²) in [5, 5.41) is 2.13. The van der Waals surface area contributed by atoms with Crippen molar-refractivity contribution in [1.29, 1.82) is 0 Å². The van der Waals surface area contributed by atoms with Gasteiger partial charge in [-0.15, -0.1) is 0 Å². The first-order valence-electron chi connectivity index (χ1n) is 5.14. The van der Waals surface area contributed by atoms with Crippen molar-refractivity contribution < 1.29 is 17.8 Å². The zero-order valence-electron chi connectivity index (χ0n) is 9.51. The Morgan fingerprint density at radius 2 is 1.88 bits per heavy atom. The molecular weight excluding hydrogens is 242 g/mol. The summed E-state index contributed by atoms with van der Waals surface area (Å²) in [6.45, 7) is 1.97. The van der Waals surface area contributed by atoms with Gasteiger partial charge < -0.3 is 5.32 Å². The van der Waals surface area contributed by atoms with Crippen molar-refractivity contribution in [2.45, 2.75) is 19.8 Å². The molecule has 94 valence electrons. The second-order valence-corrected chi connectivity index (χ2v) is 5.26. The van der Waals surface area contributed by atoms with E-state index in [1.54, 1.807) is 0 Å². The first-order valence-corrected chi connectivity index (χ1v) is 6.75. The summed E-state index contributed by atoms with van der Waals surface area (Å²) in [4.78, 5) is 11.2. The minimum atomic E-state index is -4.14. The van der Waals surface area contributed by atoms with E-state index < -0.39 is 21.9 Å². The lowest BCUT2D eigenvalue weighted by molar-refractivity contribution is -0.120. The van der Waals surface area contributed by atoms with Crippen molar-refractivity contribution in [2.24, 2.45) is 0 Å². The third-order valence-corrected chi connectivity index (χ3v) is 2.72. The molecule has 0 saturated heterocycles. The highest BCUT2D eigenvalue weighted by Gasteiger charge is 2.07. The molecule has 0 aromatic heterocycles. The molecular formula is C11H15NO4S. The predicted octanol–water partition coefficient (Wildman–Crippen LogP) is 0.889. The normalized spacial score (nSPS) is 11.2.